The number of aryl methyl sites for hydroxylation is 1. The molecule has 168 valence electrons. The Morgan fingerprint density at radius 2 is 1.72 bits per heavy atom. The van der Waals surface area contributed by atoms with Crippen LogP contribution < -0.4 is 10.6 Å². The number of hydrogen-bond donors (Lipinski definition) is 2. The number of rotatable bonds is 6. The summed E-state index contributed by atoms with van der Waals surface area (Å²) in [7, 11) is 1.49. The van der Waals surface area contributed by atoms with Gasteiger partial charge in [0.25, 0.3) is 5.91 Å². The van der Waals surface area contributed by atoms with Gasteiger partial charge < -0.3 is 20.3 Å². The lowest BCUT2D eigenvalue weighted by atomic mass is 9.98. The van der Waals surface area contributed by atoms with Crippen molar-refractivity contribution in [1.29, 1.82) is 0 Å². The zero-order valence-corrected chi connectivity index (χ0v) is 19.1. The third-order valence-electron chi connectivity index (χ3n) is 4.63. The van der Waals surface area contributed by atoms with E-state index in [0.717, 1.165) is 5.56 Å². The number of terminal acetylenes is 1. The van der Waals surface area contributed by atoms with Crippen LogP contribution in [-0.4, -0.2) is 42.0 Å². The lowest BCUT2D eigenvalue weighted by Crippen LogP contribution is -2.44. The molecule has 1 unspecified atom stereocenters. The highest BCUT2D eigenvalue weighted by Gasteiger charge is 2.31. The van der Waals surface area contributed by atoms with Crippen LogP contribution in [0.15, 0.2) is 48.5 Å². The highest BCUT2D eigenvalue weighted by molar-refractivity contribution is 5.99. The Hall–Kier alpha value is -3.79. The summed E-state index contributed by atoms with van der Waals surface area (Å²) >= 11 is 0. The smallest absolute Gasteiger partial charge is 0.408 e. The third kappa shape index (κ3) is 6.61. The summed E-state index contributed by atoms with van der Waals surface area (Å²) in [6.07, 6.45) is 4.92. The van der Waals surface area contributed by atoms with Crippen LogP contribution in [0.2, 0.25) is 0 Å². The van der Waals surface area contributed by atoms with Crippen LogP contribution in [0.25, 0.3) is 0 Å². The molecule has 0 radical (unpaired) electrons. The molecule has 0 saturated carbocycles. The predicted octanol–water partition coefficient (Wildman–Crippen LogP) is 3.64. The van der Waals surface area contributed by atoms with Crippen LogP contribution >= 0.6 is 0 Å². The van der Waals surface area contributed by atoms with Gasteiger partial charge in [-0.1, -0.05) is 42.3 Å². The van der Waals surface area contributed by atoms with E-state index in [1.165, 1.54) is 11.9 Å². The summed E-state index contributed by atoms with van der Waals surface area (Å²) in [5.74, 6) is 1.67. The SMILES string of the molecule is C#Cc1ccccc1C(C(=O)Nc1ccccc1C)N(C)C(=O)CNC(=O)OC(C)(C)C. The van der Waals surface area contributed by atoms with Gasteiger partial charge in [0.15, 0.2) is 0 Å². The average molecular weight is 436 g/mol. The Kier molecular flexibility index (Phi) is 8.03. The van der Waals surface area contributed by atoms with Crippen LogP contribution in [0, 0.1) is 19.3 Å². The summed E-state index contributed by atoms with van der Waals surface area (Å²) < 4.78 is 5.16. The molecule has 0 aromatic heterocycles. The zero-order valence-electron chi connectivity index (χ0n) is 19.1. The lowest BCUT2D eigenvalue weighted by Gasteiger charge is -2.29. The first-order chi connectivity index (χ1) is 15.0. The molecule has 2 rings (SSSR count). The average Bonchev–Trinajstić information content (AvgIpc) is 2.73. The number of amides is 3. The zero-order chi connectivity index (χ0) is 23.9. The van der Waals surface area contributed by atoms with Crippen molar-refractivity contribution in [3.8, 4) is 12.3 Å². The highest BCUT2D eigenvalue weighted by atomic mass is 16.6. The number of carbonyl (C=O) groups is 3. The van der Waals surface area contributed by atoms with E-state index in [4.69, 9.17) is 11.2 Å². The molecule has 2 aromatic carbocycles. The van der Waals surface area contributed by atoms with Crippen molar-refractivity contribution in [2.24, 2.45) is 0 Å². The number of likely N-dealkylation sites (N-methyl/N-ethyl adjacent to an activating group) is 1. The molecule has 0 spiro atoms. The Labute approximate surface area is 189 Å². The van der Waals surface area contributed by atoms with Gasteiger partial charge in [0.2, 0.25) is 5.91 Å². The lowest BCUT2D eigenvalue weighted by molar-refractivity contribution is -0.136. The summed E-state index contributed by atoms with van der Waals surface area (Å²) in [4.78, 5) is 39.4. The van der Waals surface area contributed by atoms with Crippen LogP contribution in [0.1, 0.15) is 43.5 Å². The number of para-hydroxylation sites is 1. The third-order valence-corrected chi connectivity index (χ3v) is 4.63. The number of benzene rings is 2. The molecular weight excluding hydrogens is 406 g/mol. The van der Waals surface area contributed by atoms with Gasteiger partial charge in [0, 0.05) is 18.3 Å². The number of alkyl carbamates (subject to hydrolysis) is 1. The number of carbonyl (C=O) groups excluding carboxylic acids is 3. The number of nitrogens with zero attached hydrogens (tertiary/aromatic N) is 1. The maximum Gasteiger partial charge on any atom is 0.408 e. The van der Waals surface area contributed by atoms with Gasteiger partial charge in [0.1, 0.15) is 18.2 Å². The van der Waals surface area contributed by atoms with Crippen LogP contribution in [0.3, 0.4) is 0 Å². The van der Waals surface area contributed by atoms with Gasteiger partial charge in [-0.15, -0.1) is 6.42 Å². The number of ether oxygens (including phenoxy) is 1. The Morgan fingerprint density at radius 3 is 2.34 bits per heavy atom. The standard InChI is InChI=1S/C25H29N3O4/c1-7-18-13-9-10-14-19(18)22(23(30)27-20-15-11-8-12-17(20)2)28(6)21(29)16-26-24(31)32-25(3,4)5/h1,8-15,22H,16H2,2-6H3,(H,26,31)(H,27,30). The van der Waals surface area contributed by atoms with Crippen molar-refractivity contribution in [2.75, 3.05) is 18.9 Å². The van der Waals surface area contributed by atoms with Gasteiger partial charge in [-0.25, -0.2) is 4.79 Å². The highest BCUT2D eigenvalue weighted by Crippen LogP contribution is 2.26. The number of nitrogens with one attached hydrogen (secondary N) is 2. The minimum atomic E-state index is -1.00. The van der Waals surface area contributed by atoms with Gasteiger partial charge >= 0.3 is 6.09 Å². The van der Waals surface area contributed by atoms with E-state index in [1.54, 1.807) is 51.1 Å². The fourth-order valence-electron chi connectivity index (χ4n) is 3.04. The molecule has 0 heterocycles. The van der Waals surface area contributed by atoms with E-state index in [9.17, 15) is 14.4 Å². The minimum Gasteiger partial charge on any atom is -0.444 e. The predicted molar refractivity (Wildman–Crippen MR) is 124 cm³/mol. The molecule has 0 fully saturated rings. The Morgan fingerprint density at radius 1 is 1.09 bits per heavy atom. The molecule has 2 aromatic rings. The van der Waals surface area contributed by atoms with E-state index in [-0.39, 0.29) is 6.54 Å². The van der Waals surface area contributed by atoms with Crippen LogP contribution in [0.4, 0.5) is 10.5 Å². The molecule has 7 nitrogen and oxygen atoms in total. The van der Waals surface area contributed by atoms with E-state index in [1.807, 2.05) is 25.1 Å². The van der Waals surface area contributed by atoms with Gasteiger partial charge in [0.05, 0.1) is 0 Å². The van der Waals surface area contributed by atoms with Crippen molar-refractivity contribution >= 4 is 23.6 Å². The minimum absolute atomic E-state index is 0.336. The summed E-state index contributed by atoms with van der Waals surface area (Å²) in [6.45, 7) is 6.72. The first kappa shape index (κ1) is 24.5. The fourth-order valence-corrected chi connectivity index (χ4v) is 3.04. The first-order valence-electron chi connectivity index (χ1n) is 10.2. The number of anilines is 1. The fraction of sp³-hybridized carbons (Fsp3) is 0.320. The maximum atomic E-state index is 13.3. The molecule has 0 bridgehead atoms. The van der Waals surface area contributed by atoms with Crippen molar-refractivity contribution in [2.45, 2.75) is 39.3 Å². The van der Waals surface area contributed by atoms with Gasteiger partial charge in [-0.2, -0.15) is 0 Å². The van der Waals surface area contributed by atoms with Crippen molar-refractivity contribution in [1.82, 2.24) is 10.2 Å². The topological polar surface area (TPSA) is 87.7 Å². The second-order valence-corrected chi connectivity index (χ2v) is 8.30. The number of hydrogen-bond acceptors (Lipinski definition) is 4. The van der Waals surface area contributed by atoms with Crippen molar-refractivity contribution < 1.29 is 19.1 Å². The van der Waals surface area contributed by atoms with Gasteiger partial charge in [-0.05, 0) is 51.0 Å². The molecule has 2 N–H and O–H groups in total. The normalized spacial score (nSPS) is 11.6. The second kappa shape index (κ2) is 10.5. The van der Waals surface area contributed by atoms with Crippen LogP contribution in [0.5, 0.6) is 0 Å². The largest absolute Gasteiger partial charge is 0.444 e. The first-order valence-corrected chi connectivity index (χ1v) is 10.2. The quantitative estimate of drug-likeness (QED) is 0.678. The summed E-state index contributed by atoms with van der Waals surface area (Å²) in [6, 6.07) is 13.3. The summed E-state index contributed by atoms with van der Waals surface area (Å²) in [5, 5.41) is 5.31. The van der Waals surface area contributed by atoms with Crippen molar-refractivity contribution in [3.05, 3.63) is 65.2 Å². The van der Waals surface area contributed by atoms with Crippen LogP contribution in [-0.2, 0) is 14.3 Å². The molecule has 0 aliphatic rings. The maximum absolute atomic E-state index is 13.3. The molecule has 0 saturated heterocycles. The van der Waals surface area contributed by atoms with E-state index >= 15 is 0 Å². The Balaban J connectivity index is 2.29. The van der Waals surface area contributed by atoms with Gasteiger partial charge in [-0.3, -0.25) is 9.59 Å². The Bertz CT molecular complexity index is 1030. The molecule has 3 amide bonds. The van der Waals surface area contributed by atoms with E-state index in [2.05, 4.69) is 16.6 Å². The molecule has 0 aliphatic heterocycles. The molecule has 7 heteroatoms. The molecule has 0 aliphatic carbocycles. The molecular formula is C25H29N3O4. The monoisotopic (exact) mass is 435 g/mol. The van der Waals surface area contributed by atoms with Crippen molar-refractivity contribution in [3.63, 3.8) is 0 Å². The van der Waals surface area contributed by atoms with E-state index in [0.29, 0.717) is 16.8 Å². The second-order valence-electron chi connectivity index (χ2n) is 8.30. The molecule has 32 heavy (non-hydrogen) atoms. The summed E-state index contributed by atoms with van der Waals surface area (Å²) in [5.41, 5.74) is 1.82. The molecule has 1 atom stereocenters. The van der Waals surface area contributed by atoms with E-state index < -0.39 is 29.6 Å².